The molecule has 0 N–H and O–H groups in total. The molecule has 0 bridgehead atoms. The molecule has 0 fully saturated rings. The molecule has 312 valence electrons. The Morgan fingerprint density at radius 2 is 0.894 bits per heavy atom. The van der Waals surface area contributed by atoms with Crippen LogP contribution in [-0.4, -0.2) is 0 Å². The predicted octanol–water partition coefficient (Wildman–Crippen LogP) is 17.1. The maximum atomic E-state index is 6.21. The monoisotopic (exact) mass is 843 g/mol. The van der Waals surface area contributed by atoms with Crippen molar-refractivity contribution in [2.24, 2.45) is 0 Å². The van der Waals surface area contributed by atoms with Crippen molar-refractivity contribution >= 4 is 39.0 Å². The van der Waals surface area contributed by atoms with E-state index in [0.29, 0.717) is 0 Å². The molecule has 0 spiro atoms. The van der Waals surface area contributed by atoms with Gasteiger partial charge in [0.1, 0.15) is 11.2 Å². The van der Waals surface area contributed by atoms with Crippen LogP contribution in [0.5, 0.6) is 0 Å². The maximum Gasteiger partial charge on any atom is 0.135 e. The van der Waals surface area contributed by atoms with E-state index in [4.69, 9.17) is 4.42 Å². The zero-order valence-electron chi connectivity index (χ0n) is 36.9. The van der Waals surface area contributed by atoms with Gasteiger partial charge in [-0.15, -0.1) is 0 Å². The van der Waals surface area contributed by atoms with Crippen molar-refractivity contribution in [3.8, 4) is 44.5 Å². The molecule has 2 aliphatic carbocycles. The Bertz CT molecular complexity index is 3620. The van der Waals surface area contributed by atoms with Crippen LogP contribution in [0.15, 0.2) is 241 Å². The summed E-state index contributed by atoms with van der Waals surface area (Å²) in [5.41, 5.74) is 22.1. The quantitative estimate of drug-likeness (QED) is 0.159. The number of para-hydroxylation sites is 1. The first-order valence-corrected chi connectivity index (χ1v) is 23.0. The number of nitrogens with zero attached hydrogens (tertiary/aromatic N) is 1. The molecule has 0 unspecified atom stereocenters. The highest BCUT2D eigenvalue weighted by Gasteiger charge is 2.47. The Balaban J connectivity index is 1.02. The number of benzene rings is 10. The molecule has 0 aliphatic heterocycles. The van der Waals surface area contributed by atoms with Gasteiger partial charge in [0.2, 0.25) is 0 Å². The fourth-order valence-corrected chi connectivity index (χ4v) is 11.5. The molecule has 66 heavy (non-hydrogen) atoms. The summed E-state index contributed by atoms with van der Waals surface area (Å²) >= 11 is 0. The first-order chi connectivity index (χ1) is 32.5. The van der Waals surface area contributed by atoms with E-state index in [1.807, 2.05) is 12.1 Å². The summed E-state index contributed by atoms with van der Waals surface area (Å²) in [6, 6.07) is 87.1. The molecule has 0 saturated heterocycles. The second kappa shape index (κ2) is 14.7. The van der Waals surface area contributed by atoms with Crippen LogP contribution in [0.3, 0.4) is 0 Å². The van der Waals surface area contributed by atoms with Crippen LogP contribution in [0, 0.1) is 0 Å². The van der Waals surface area contributed by atoms with Gasteiger partial charge in [-0.05, 0) is 127 Å². The average molecular weight is 844 g/mol. The van der Waals surface area contributed by atoms with Gasteiger partial charge < -0.3 is 9.32 Å². The van der Waals surface area contributed by atoms with Gasteiger partial charge >= 0.3 is 0 Å². The highest BCUT2D eigenvalue weighted by atomic mass is 16.3. The van der Waals surface area contributed by atoms with E-state index in [1.165, 1.54) is 66.8 Å². The lowest BCUT2D eigenvalue weighted by Gasteiger charge is -2.34. The van der Waals surface area contributed by atoms with E-state index >= 15 is 0 Å². The molecule has 2 heteroatoms. The first-order valence-electron chi connectivity index (χ1n) is 23.0. The minimum Gasteiger partial charge on any atom is -0.456 e. The Morgan fingerprint density at radius 1 is 0.348 bits per heavy atom. The molecule has 2 nitrogen and oxygen atoms in total. The first kappa shape index (κ1) is 38.3. The van der Waals surface area contributed by atoms with Gasteiger partial charge in [-0.1, -0.05) is 196 Å². The summed E-state index contributed by atoms with van der Waals surface area (Å²) in [6.07, 6.45) is 0. The molecule has 11 aromatic rings. The third-order valence-corrected chi connectivity index (χ3v) is 14.6. The molecule has 2 aliphatic rings. The van der Waals surface area contributed by atoms with Crippen molar-refractivity contribution in [2.45, 2.75) is 24.7 Å². The van der Waals surface area contributed by atoms with Crippen molar-refractivity contribution in [1.29, 1.82) is 0 Å². The minimum atomic E-state index is -0.520. The molecule has 10 aromatic carbocycles. The van der Waals surface area contributed by atoms with E-state index in [0.717, 1.165) is 50.1 Å². The van der Waals surface area contributed by atoms with Gasteiger partial charge in [-0.25, -0.2) is 0 Å². The summed E-state index contributed by atoms with van der Waals surface area (Å²) < 4.78 is 6.21. The summed E-state index contributed by atoms with van der Waals surface area (Å²) in [7, 11) is 0. The highest BCUT2D eigenvalue weighted by molar-refractivity contribution is 6.06. The van der Waals surface area contributed by atoms with Gasteiger partial charge in [0, 0.05) is 33.1 Å². The average Bonchev–Trinajstić information content (AvgIpc) is 3.98. The van der Waals surface area contributed by atoms with Crippen LogP contribution in [-0.2, 0) is 10.8 Å². The molecule has 1 aromatic heterocycles. The number of anilines is 3. The second-order valence-electron chi connectivity index (χ2n) is 18.4. The van der Waals surface area contributed by atoms with E-state index in [9.17, 15) is 0 Å². The number of fused-ring (bicyclic) bond motifs is 9. The summed E-state index contributed by atoms with van der Waals surface area (Å²) in [5.74, 6) is 0. The van der Waals surface area contributed by atoms with Gasteiger partial charge in [-0.2, -0.15) is 0 Å². The molecular weight excluding hydrogens is 799 g/mol. The van der Waals surface area contributed by atoms with Gasteiger partial charge in [0.05, 0.1) is 11.1 Å². The molecule has 0 atom stereocenters. The van der Waals surface area contributed by atoms with Crippen LogP contribution in [0.4, 0.5) is 17.1 Å². The van der Waals surface area contributed by atoms with Crippen LogP contribution in [0.25, 0.3) is 66.4 Å². The van der Waals surface area contributed by atoms with Gasteiger partial charge in [0.25, 0.3) is 0 Å². The highest BCUT2D eigenvalue weighted by Crippen LogP contribution is 2.60. The predicted molar refractivity (Wildman–Crippen MR) is 274 cm³/mol. The number of hydrogen-bond donors (Lipinski definition) is 0. The zero-order valence-corrected chi connectivity index (χ0v) is 36.9. The zero-order chi connectivity index (χ0) is 44.0. The van der Waals surface area contributed by atoms with Crippen LogP contribution in [0.1, 0.15) is 47.2 Å². The van der Waals surface area contributed by atoms with Crippen molar-refractivity contribution in [1.82, 2.24) is 0 Å². The SMILES string of the molecule is CC1(C)c2cc(-c3ccccc3)ccc2-c2ccc(N(c3ccc(-c4ccc5oc6ccccc6c5c4)cc3)c3cccc4c3-c3ccccc3C4(c3ccccc3)c3ccccc3)cc21. The fraction of sp³-hybridized carbons (Fsp3) is 0.0625. The smallest absolute Gasteiger partial charge is 0.135 e. The van der Waals surface area contributed by atoms with E-state index in [-0.39, 0.29) is 5.41 Å². The van der Waals surface area contributed by atoms with E-state index in [1.54, 1.807) is 0 Å². The molecule has 13 rings (SSSR count). The summed E-state index contributed by atoms with van der Waals surface area (Å²) in [5, 5.41) is 2.26. The number of rotatable bonds is 7. The normalized spacial score (nSPS) is 13.8. The van der Waals surface area contributed by atoms with Crippen molar-refractivity contribution in [2.75, 3.05) is 4.90 Å². The molecule has 0 amide bonds. The molecular formula is C64H45NO. The Hall–Kier alpha value is -8.20. The van der Waals surface area contributed by atoms with Crippen LogP contribution < -0.4 is 4.90 Å². The fourth-order valence-electron chi connectivity index (χ4n) is 11.5. The second-order valence-corrected chi connectivity index (χ2v) is 18.4. The summed E-state index contributed by atoms with van der Waals surface area (Å²) in [6.45, 7) is 4.78. The minimum absolute atomic E-state index is 0.224. The maximum absolute atomic E-state index is 6.21. The van der Waals surface area contributed by atoms with Crippen molar-refractivity contribution < 1.29 is 4.42 Å². The number of furan rings is 1. The van der Waals surface area contributed by atoms with E-state index in [2.05, 4.69) is 243 Å². The largest absolute Gasteiger partial charge is 0.456 e. The standard InChI is InChI=1S/C64H45NO/c1-63(2)57-40-45(42-17-6-3-7-18-42)31-36-50(57)51-37-35-49(41-58(51)63)65(48-33-29-43(30-34-48)44-32-38-61-54(39-44)52-23-13-15-28-60(52)66-61)59-27-16-26-56-62(59)53-24-12-14-25-55(53)64(56,46-19-8-4-9-20-46)47-21-10-5-11-22-47/h3-41H,1-2H3. The van der Waals surface area contributed by atoms with Gasteiger partial charge in [0.15, 0.2) is 0 Å². The van der Waals surface area contributed by atoms with Gasteiger partial charge in [-0.3, -0.25) is 0 Å². The van der Waals surface area contributed by atoms with Crippen LogP contribution in [0.2, 0.25) is 0 Å². The Labute approximate surface area is 385 Å². The Kier molecular flexibility index (Phi) is 8.51. The number of hydrogen-bond acceptors (Lipinski definition) is 2. The van der Waals surface area contributed by atoms with Crippen molar-refractivity contribution in [3.63, 3.8) is 0 Å². The Morgan fingerprint density at radius 3 is 1.65 bits per heavy atom. The third kappa shape index (κ3) is 5.61. The topological polar surface area (TPSA) is 16.4 Å². The molecule has 0 radical (unpaired) electrons. The lowest BCUT2D eigenvalue weighted by molar-refractivity contribution is 0.660. The summed E-state index contributed by atoms with van der Waals surface area (Å²) in [4.78, 5) is 2.51. The molecule has 1 heterocycles. The van der Waals surface area contributed by atoms with Crippen molar-refractivity contribution in [3.05, 3.63) is 270 Å². The molecule has 0 saturated carbocycles. The lowest BCUT2D eigenvalue weighted by atomic mass is 9.68. The van der Waals surface area contributed by atoms with Crippen LogP contribution >= 0.6 is 0 Å². The lowest BCUT2D eigenvalue weighted by Crippen LogP contribution is -2.28. The van der Waals surface area contributed by atoms with E-state index < -0.39 is 5.41 Å². The third-order valence-electron chi connectivity index (χ3n) is 14.6.